The second kappa shape index (κ2) is 9.53. The van der Waals surface area contributed by atoms with Crippen LogP contribution in [0.1, 0.15) is 10.6 Å². The highest BCUT2D eigenvalue weighted by Crippen LogP contribution is 2.31. The summed E-state index contributed by atoms with van der Waals surface area (Å²) >= 11 is 1.44. The van der Waals surface area contributed by atoms with E-state index in [9.17, 15) is 5.26 Å². The lowest BCUT2D eigenvalue weighted by Gasteiger charge is -2.03. The third-order valence-electron chi connectivity index (χ3n) is 5.26. The number of thiazole rings is 1. The molecule has 0 aliphatic heterocycles. The second-order valence-corrected chi connectivity index (χ2v) is 8.24. The van der Waals surface area contributed by atoms with Crippen LogP contribution in [0.25, 0.3) is 39.9 Å². The molecule has 5 aromatic rings. The first kappa shape index (κ1) is 21.3. The van der Waals surface area contributed by atoms with Crippen molar-refractivity contribution in [2.45, 2.75) is 0 Å². The van der Waals surface area contributed by atoms with E-state index in [0.29, 0.717) is 10.6 Å². The Hall–Kier alpha value is -4.54. The van der Waals surface area contributed by atoms with Crippen molar-refractivity contribution in [1.29, 1.82) is 5.26 Å². The van der Waals surface area contributed by atoms with Crippen molar-refractivity contribution in [2.75, 3.05) is 7.11 Å². The van der Waals surface area contributed by atoms with Crippen LogP contribution in [-0.4, -0.2) is 26.9 Å². The Morgan fingerprint density at radius 1 is 1.00 bits per heavy atom. The minimum atomic E-state index is 0.479. The number of allylic oxidation sites excluding steroid dienone is 1. The molecule has 6 nitrogen and oxygen atoms in total. The van der Waals surface area contributed by atoms with E-state index in [2.05, 4.69) is 11.1 Å². The summed E-state index contributed by atoms with van der Waals surface area (Å²) in [7, 11) is 1.64. The van der Waals surface area contributed by atoms with Crippen LogP contribution >= 0.6 is 11.3 Å². The molecule has 0 aliphatic carbocycles. The van der Waals surface area contributed by atoms with Gasteiger partial charge in [0.1, 0.15) is 16.8 Å². The maximum atomic E-state index is 9.97. The van der Waals surface area contributed by atoms with E-state index in [-0.39, 0.29) is 0 Å². The van der Waals surface area contributed by atoms with Crippen molar-refractivity contribution in [2.24, 2.45) is 0 Å². The average molecular weight is 462 g/mol. The molecule has 0 N–H and O–H groups in total. The molecule has 0 fully saturated rings. The predicted molar refractivity (Wildman–Crippen MR) is 134 cm³/mol. The van der Waals surface area contributed by atoms with Gasteiger partial charge in [0.15, 0.2) is 0 Å². The number of nitriles is 1. The molecule has 34 heavy (non-hydrogen) atoms. The lowest BCUT2D eigenvalue weighted by atomic mass is 10.1. The largest absolute Gasteiger partial charge is 0.497 e. The summed E-state index contributed by atoms with van der Waals surface area (Å²) in [5.74, 6) is 0.771. The number of hydrogen-bond donors (Lipinski definition) is 0. The minimum Gasteiger partial charge on any atom is -0.497 e. The van der Waals surface area contributed by atoms with Crippen molar-refractivity contribution >= 4 is 23.0 Å². The van der Waals surface area contributed by atoms with Crippen LogP contribution in [0, 0.1) is 11.3 Å². The van der Waals surface area contributed by atoms with Crippen LogP contribution in [0.2, 0.25) is 0 Å². The topological polar surface area (TPSA) is 76.6 Å². The third kappa shape index (κ3) is 4.35. The van der Waals surface area contributed by atoms with Crippen LogP contribution in [0.3, 0.4) is 0 Å². The van der Waals surface area contributed by atoms with E-state index in [1.165, 1.54) is 11.3 Å². The van der Waals surface area contributed by atoms with E-state index in [4.69, 9.17) is 14.8 Å². The van der Waals surface area contributed by atoms with E-state index >= 15 is 0 Å². The molecule has 0 bridgehead atoms. The van der Waals surface area contributed by atoms with Gasteiger partial charge < -0.3 is 4.74 Å². The summed E-state index contributed by atoms with van der Waals surface area (Å²) in [4.78, 5) is 8.75. The molecule has 5 rings (SSSR count). The lowest BCUT2D eigenvalue weighted by Crippen LogP contribution is -1.94. The highest BCUT2D eigenvalue weighted by molar-refractivity contribution is 7.11. The van der Waals surface area contributed by atoms with Crippen LogP contribution in [0.15, 0.2) is 90.7 Å². The molecule has 0 spiro atoms. The van der Waals surface area contributed by atoms with Crippen molar-refractivity contribution in [3.8, 4) is 40.0 Å². The number of hydrogen-bond acceptors (Lipinski definition) is 6. The van der Waals surface area contributed by atoms with Crippen LogP contribution < -0.4 is 4.74 Å². The Labute approximate surface area is 201 Å². The molecule has 2 aromatic carbocycles. The summed E-state index contributed by atoms with van der Waals surface area (Å²) < 4.78 is 7.12. The smallest absolute Gasteiger partial charge is 0.134 e. The molecule has 0 amide bonds. The molecule has 164 valence electrons. The highest BCUT2D eigenvalue weighted by atomic mass is 32.1. The Balaban J connectivity index is 1.59. The number of para-hydroxylation sites is 1. The highest BCUT2D eigenvalue weighted by Gasteiger charge is 2.15. The summed E-state index contributed by atoms with van der Waals surface area (Å²) in [6, 6.07) is 23.7. The molecule has 0 saturated carbocycles. The van der Waals surface area contributed by atoms with Crippen LogP contribution in [-0.2, 0) is 0 Å². The van der Waals surface area contributed by atoms with Crippen molar-refractivity contribution < 1.29 is 4.74 Å². The van der Waals surface area contributed by atoms with Crippen LogP contribution in [0.5, 0.6) is 5.75 Å². The summed E-state index contributed by atoms with van der Waals surface area (Å²) in [6.07, 6.45) is 7.24. The lowest BCUT2D eigenvalue weighted by molar-refractivity contribution is 0.415. The molecule has 0 radical (unpaired) electrons. The number of rotatable bonds is 6. The van der Waals surface area contributed by atoms with Gasteiger partial charge in [0.2, 0.25) is 0 Å². The summed E-state index contributed by atoms with van der Waals surface area (Å²) in [5.41, 5.74) is 5.72. The van der Waals surface area contributed by atoms with Crippen molar-refractivity contribution in [1.82, 2.24) is 19.7 Å². The summed E-state index contributed by atoms with van der Waals surface area (Å²) in [5, 5.41) is 17.4. The number of benzene rings is 2. The van der Waals surface area contributed by atoms with E-state index in [1.54, 1.807) is 19.5 Å². The maximum absolute atomic E-state index is 9.97. The van der Waals surface area contributed by atoms with Crippen molar-refractivity contribution in [3.63, 3.8) is 0 Å². The minimum absolute atomic E-state index is 0.479. The standard InChI is InChI=1S/C27H19N5OS/c1-33-24-9-7-20(8-10-24)26-22(17-32(31-26)23-5-3-2-4-6-23)15-21(16-28)27-30-25(18-34-27)19-11-13-29-14-12-19/h2-15,17-18H,1H3. The van der Waals surface area contributed by atoms with Gasteiger partial charge in [-0.1, -0.05) is 18.2 Å². The SMILES string of the molecule is COc1ccc(-c2nn(-c3ccccc3)cc2C=C(C#N)c2nc(-c3ccncc3)cs2)cc1. The zero-order chi connectivity index (χ0) is 23.3. The quantitative estimate of drug-likeness (QED) is 0.284. The van der Waals surface area contributed by atoms with Gasteiger partial charge in [0.05, 0.1) is 29.8 Å². The first-order valence-electron chi connectivity index (χ1n) is 10.5. The molecular weight excluding hydrogens is 442 g/mol. The van der Waals surface area contributed by atoms with Gasteiger partial charge in [-0.05, 0) is 54.6 Å². The van der Waals surface area contributed by atoms with Gasteiger partial charge in [-0.3, -0.25) is 4.98 Å². The molecule has 3 aromatic heterocycles. The van der Waals surface area contributed by atoms with Crippen molar-refractivity contribution in [3.05, 3.63) is 101 Å². The Bertz CT molecular complexity index is 1480. The maximum Gasteiger partial charge on any atom is 0.134 e. The van der Waals surface area contributed by atoms with Gasteiger partial charge in [0.25, 0.3) is 0 Å². The predicted octanol–water partition coefficient (Wildman–Crippen LogP) is 6.13. The number of nitrogens with zero attached hydrogens (tertiary/aromatic N) is 5. The Morgan fingerprint density at radius 3 is 2.47 bits per heavy atom. The first-order valence-corrected chi connectivity index (χ1v) is 11.4. The number of ether oxygens (including phenoxy) is 1. The van der Waals surface area contributed by atoms with Crippen LogP contribution in [0.4, 0.5) is 0 Å². The molecule has 0 saturated heterocycles. The third-order valence-corrected chi connectivity index (χ3v) is 6.13. The molecule has 0 aliphatic rings. The zero-order valence-corrected chi connectivity index (χ0v) is 19.1. The molecule has 7 heteroatoms. The second-order valence-electron chi connectivity index (χ2n) is 7.39. The zero-order valence-electron chi connectivity index (χ0n) is 18.3. The van der Waals surface area contributed by atoms with Gasteiger partial charge in [-0.15, -0.1) is 11.3 Å². The molecule has 3 heterocycles. The number of methoxy groups -OCH3 is 1. The monoisotopic (exact) mass is 461 g/mol. The Kier molecular flexibility index (Phi) is 5.97. The molecule has 0 unspecified atom stereocenters. The summed E-state index contributed by atoms with van der Waals surface area (Å²) in [6.45, 7) is 0. The number of aromatic nitrogens is 4. The van der Waals surface area contributed by atoms with Gasteiger partial charge in [-0.25, -0.2) is 9.67 Å². The molecule has 0 atom stereocenters. The van der Waals surface area contributed by atoms with Gasteiger partial charge in [0, 0.05) is 40.7 Å². The number of pyridine rings is 1. The van der Waals surface area contributed by atoms with Gasteiger partial charge in [-0.2, -0.15) is 10.4 Å². The van der Waals surface area contributed by atoms with E-state index in [1.807, 2.05) is 89.1 Å². The Morgan fingerprint density at radius 2 is 1.76 bits per heavy atom. The van der Waals surface area contributed by atoms with Gasteiger partial charge >= 0.3 is 0 Å². The fraction of sp³-hybridized carbons (Fsp3) is 0.0370. The fourth-order valence-corrected chi connectivity index (χ4v) is 4.32. The normalized spacial score (nSPS) is 11.2. The fourth-order valence-electron chi connectivity index (χ4n) is 3.53. The van der Waals surface area contributed by atoms with E-state index in [0.717, 1.165) is 39.5 Å². The molecular formula is C27H19N5OS. The van der Waals surface area contributed by atoms with E-state index < -0.39 is 0 Å². The first-order chi connectivity index (χ1) is 16.7. The average Bonchev–Trinajstić information content (AvgIpc) is 3.56.